The van der Waals surface area contributed by atoms with E-state index >= 15 is 0 Å². The number of carbonyl (C=O) groups excluding carboxylic acids is 1. The molecule has 28 heavy (non-hydrogen) atoms. The highest BCUT2D eigenvalue weighted by molar-refractivity contribution is 5.92. The van der Waals surface area contributed by atoms with Gasteiger partial charge in [-0.3, -0.25) is 9.59 Å². The number of fused-ring (bicyclic) bond motifs is 3. The summed E-state index contributed by atoms with van der Waals surface area (Å²) < 4.78 is 1.86. The predicted molar refractivity (Wildman–Crippen MR) is 105 cm³/mol. The summed E-state index contributed by atoms with van der Waals surface area (Å²) in [5.41, 5.74) is 4.67. The molecule has 0 radical (unpaired) electrons. The standard InChI is InChI=1S/C21H24N4O3/c1-13-16(9-10-19(26)24-11-5-6-15(12-24)21(27)28)14(2)25-20(22-13)17-7-3-4-8-18(17)23-25/h3-4,7-8,15H,5-6,9-12H2,1-2H3,(H,27,28). The van der Waals surface area contributed by atoms with Crippen molar-refractivity contribution in [1.82, 2.24) is 19.5 Å². The van der Waals surface area contributed by atoms with E-state index in [-0.39, 0.29) is 5.91 Å². The van der Waals surface area contributed by atoms with Crippen LogP contribution >= 0.6 is 0 Å². The second-order valence-corrected chi connectivity index (χ2v) is 7.53. The molecule has 146 valence electrons. The molecule has 0 saturated carbocycles. The van der Waals surface area contributed by atoms with Gasteiger partial charge in [0.25, 0.3) is 0 Å². The molecule has 1 amide bonds. The normalized spacial score (nSPS) is 17.4. The number of aliphatic carboxylic acids is 1. The van der Waals surface area contributed by atoms with Crippen LogP contribution in [0.25, 0.3) is 16.6 Å². The molecular formula is C21H24N4O3. The molecule has 1 saturated heterocycles. The third-order valence-electron chi connectivity index (χ3n) is 5.73. The minimum Gasteiger partial charge on any atom is -0.481 e. The largest absolute Gasteiger partial charge is 0.481 e. The average Bonchev–Trinajstić information content (AvgIpc) is 3.06. The minimum atomic E-state index is -0.815. The lowest BCUT2D eigenvalue weighted by atomic mass is 9.97. The number of carbonyl (C=O) groups is 2. The van der Waals surface area contributed by atoms with Crippen LogP contribution in [0.15, 0.2) is 24.3 Å². The van der Waals surface area contributed by atoms with Crippen LogP contribution in [0.2, 0.25) is 0 Å². The molecule has 1 fully saturated rings. The van der Waals surface area contributed by atoms with Gasteiger partial charge in [0.15, 0.2) is 5.65 Å². The van der Waals surface area contributed by atoms with E-state index in [4.69, 9.17) is 4.98 Å². The zero-order valence-corrected chi connectivity index (χ0v) is 16.2. The number of carboxylic acid groups (broad SMARTS) is 1. The summed E-state index contributed by atoms with van der Waals surface area (Å²) in [6, 6.07) is 7.92. The topological polar surface area (TPSA) is 87.8 Å². The molecular weight excluding hydrogens is 356 g/mol. The molecule has 2 aromatic heterocycles. The van der Waals surface area contributed by atoms with Gasteiger partial charge < -0.3 is 10.0 Å². The van der Waals surface area contributed by atoms with Gasteiger partial charge in [-0.15, -0.1) is 0 Å². The molecule has 1 aliphatic heterocycles. The number of nitrogens with zero attached hydrogens (tertiary/aromatic N) is 4. The van der Waals surface area contributed by atoms with Gasteiger partial charge in [0.05, 0.1) is 11.4 Å². The third kappa shape index (κ3) is 3.21. The Bertz CT molecular complexity index is 1070. The maximum absolute atomic E-state index is 12.7. The van der Waals surface area contributed by atoms with Crippen LogP contribution in [0.3, 0.4) is 0 Å². The van der Waals surface area contributed by atoms with Gasteiger partial charge in [0.2, 0.25) is 5.91 Å². The van der Waals surface area contributed by atoms with Crippen molar-refractivity contribution in [2.75, 3.05) is 13.1 Å². The van der Waals surface area contributed by atoms with Gasteiger partial charge >= 0.3 is 5.97 Å². The van der Waals surface area contributed by atoms with Gasteiger partial charge in [-0.05, 0) is 50.8 Å². The van der Waals surface area contributed by atoms with Crippen LogP contribution in [0, 0.1) is 19.8 Å². The molecule has 0 bridgehead atoms. The van der Waals surface area contributed by atoms with Gasteiger partial charge in [-0.2, -0.15) is 5.10 Å². The molecule has 1 aliphatic rings. The van der Waals surface area contributed by atoms with Gasteiger partial charge in [-0.1, -0.05) is 12.1 Å². The summed E-state index contributed by atoms with van der Waals surface area (Å²) >= 11 is 0. The fourth-order valence-corrected chi connectivity index (χ4v) is 4.13. The van der Waals surface area contributed by atoms with E-state index in [1.54, 1.807) is 4.90 Å². The average molecular weight is 380 g/mol. The van der Waals surface area contributed by atoms with E-state index in [0.29, 0.717) is 32.4 Å². The Labute approximate surface area is 163 Å². The first-order chi connectivity index (χ1) is 13.5. The zero-order chi connectivity index (χ0) is 19.8. The summed E-state index contributed by atoms with van der Waals surface area (Å²) in [5.74, 6) is -1.25. The Morgan fingerprint density at radius 2 is 2.04 bits per heavy atom. The SMILES string of the molecule is Cc1nc2c3ccccc3nn2c(C)c1CCC(=O)N1CCCC(C(=O)O)C1. The first-order valence-corrected chi connectivity index (χ1v) is 9.70. The van der Waals surface area contributed by atoms with Crippen LogP contribution in [-0.2, 0) is 16.0 Å². The lowest BCUT2D eigenvalue weighted by molar-refractivity contribution is -0.145. The second kappa shape index (κ2) is 7.22. The van der Waals surface area contributed by atoms with Crippen molar-refractivity contribution in [1.29, 1.82) is 0 Å². The number of benzene rings is 1. The Balaban J connectivity index is 1.55. The fraction of sp³-hybridized carbons (Fsp3) is 0.429. The molecule has 0 aliphatic carbocycles. The highest BCUT2D eigenvalue weighted by Gasteiger charge is 2.28. The smallest absolute Gasteiger partial charge is 0.308 e. The maximum Gasteiger partial charge on any atom is 0.308 e. The number of hydrogen-bond donors (Lipinski definition) is 1. The monoisotopic (exact) mass is 380 g/mol. The molecule has 7 nitrogen and oxygen atoms in total. The summed E-state index contributed by atoms with van der Waals surface area (Å²) in [6.07, 6.45) is 2.31. The van der Waals surface area contributed by atoms with Gasteiger partial charge in [0.1, 0.15) is 0 Å². The Hall–Kier alpha value is -2.96. The van der Waals surface area contributed by atoms with E-state index in [2.05, 4.69) is 5.10 Å². The lowest BCUT2D eigenvalue weighted by Gasteiger charge is -2.30. The van der Waals surface area contributed by atoms with E-state index in [9.17, 15) is 14.7 Å². The van der Waals surface area contributed by atoms with Crippen molar-refractivity contribution in [3.05, 3.63) is 41.2 Å². The minimum absolute atomic E-state index is 0.00970. The van der Waals surface area contributed by atoms with Crippen LogP contribution in [0.1, 0.15) is 36.2 Å². The predicted octanol–water partition coefficient (Wildman–Crippen LogP) is 2.76. The summed E-state index contributed by atoms with van der Waals surface area (Å²) in [7, 11) is 0. The number of aryl methyl sites for hydroxylation is 2. The van der Waals surface area contributed by atoms with Crippen molar-refractivity contribution < 1.29 is 14.7 Å². The quantitative estimate of drug-likeness (QED) is 0.752. The van der Waals surface area contributed by atoms with Crippen molar-refractivity contribution >= 4 is 28.4 Å². The maximum atomic E-state index is 12.7. The number of rotatable bonds is 4. The summed E-state index contributed by atoms with van der Waals surface area (Å²) in [6.45, 7) is 4.93. The van der Waals surface area contributed by atoms with Crippen LogP contribution in [0.5, 0.6) is 0 Å². The first kappa shape index (κ1) is 18.4. The van der Waals surface area contributed by atoms with Crippen LogP contribution in [0.4, 0.5) is 0 Å². The highest BCUT2D eigenvalue weighted by Crippen LogP contribution is 2.24. The number of carboxylic acids is 1. The van der Waals surface area contributed by atoms with E-state index in [1.807, 2.05) is 42.6 Å². The number of likely N-dealkylation sites (tertiary alicyclic amines) is 1. The summed E-state index contributed by atoms with van der Waals surface area (Å²) in [5, 5.41) is 14.9. The van der Waals surface area contributed by atoms with Crippen molar-refractivity contribution in [3.8, 4) is 0 Å². The van der Waals surface area contributed by atoms with Crippen LogP contribution < -0.4 is 0 Å². The molecule has 1 N–H and O–H groups in total. The molecule has 1 unspecified atom stereocenters. The first-order valence-electron chi connectivity index (χ1n) is 9.70. The van der Waals surface area contributed by atoms with E-state index in [0.717, 1.165) is 39.9 Å². The Morgan fingerprint density at radius 1 is 1.25 bits per heavy atom. The highest BCUT2D eigenvalue weighted by atomic mass is 16.4. The third-order valence-corrected chi connectivity index (χ3v) is 5.73. The van der Waals surface area contributed by atoms with Crippen molar-refractivity contribution in [3.63, 3.8) is 0 Å². The number of aromatic nitrogens is 3. The molecule has 1 atom stereocenters. The molecule has 4 rings (SSSR count). The van der Waals surface area contributed by atoms with E-state index < -0.39 is 11.9 Å². The lowest BCUT2D eigenvalue weighted by Crippen LogP contribution is -2.42. The number of piperidine rings is 1. The Morgan fingerprint density at radius 3 is 2.82 bits per heavy atom. The van der Waals surface area contributed by atoms with E-state index in [1.165, 1.54) is 0 Å². The second-order valence-electron chi connectivity index (χ2n) is 7.53. The van der Waals surface area contributed by atoms with Crippen LogP contribution in [-0.4, -0.2) is 49.6 Å². The fourth-order valence-electron chi connectivity index (χ4n) is 4.13. The number of amides is 1. The number of hydrogen-bond acceptors (Lipinski definition) is 4. The molecule has 3 heterocycles. The molecule has 1 aromatic carbocycles. The van der Waals surface area contributed by atoms with Gasteiger partial charge in [-0.25, -0.2) is 9.50 Å². The van der Waals surface area contributed by atoms with Crippen molar-refractivity contribution in [2.45, 2.75) is 39.5 Å². The Kier molecular flexibility index (Phi) is 4.75. The molecule has 3 aromatic rings. The zero-order valence-electron chi connectivity index (χ0n) is 16.2. The summed E-state index contributed by atoms with van der Waals surface area (Å²) in [4.78, 5) is 30.3. The van der Waals surface area contributed by atoms with Crippen molar-refractivity contribution in [2.24, 2.45) is 5.92 Å². The molecule has 7 heteroatoms. The van der Waals surface area contributed by atoms with Gasteiger partial charge in [0, 0.05) is 36.3 Å². The molecule has 0 spiro atoms.